The predicted molar refractivity (Wildman–Crippen MR) is 331 cm³/mol. The first-order valence-corrected chi connectivity index (χ1v) is 30.3. The van der Waals surface area contributed by atoms with Gasteiger partial charge in [-0.3, -0.25) is 19.3 Å². The molecule has 5 atom stereocenters. The lowest BCUT2D eigenvalue weighted by atomic mass is 9.85. The molecule has 3 aromatic carbocycles. The van der Waals surface area contributed by atoms with Crippen LogP contribution in [0.15, 0.2) is 102 Å². The molecule has 17 heteroatoms. The van der Waals surface area contributed by atoms with Crippen LogP contribution < -0.4 is 20.4 Å². The number of hydrogen-bond donors (Lipinski definition) is 3. The van der Waals surface area contributed by atoms with Crippen molar-refractivity contribution in [3.05, 3.63) is 130 Å². The van der Waals surface area contributed by atoms with Crippen molar-refractivity contribution < 1.29 is 42.2 Å². The molecule has 2 unspecified atom stereocenters. The Morgan fingerprint density at radius 3 is 2.16 bits per heavy atom. The number of nitrogens with zero attached hydrogens (tertiary/aromatic N) is 3. The highest BCUT2D eigenvalue weighted by Gasteiger charge is 2.52. The third kappa shape index (κ3) is 16.7. The number of rotatable bonds is 20. The Morgan fingerprint density at radius 1 is 1.00 bits per heavy atom. The minimum atomic E-state index is -4.57. The van der Waals surface area contributed by atoms with E-state index in [1.807, 2.05) is 64.4 Å². The van der Waals surface area contributed by atoms with Gasteiger partial charge in [0.2, 0.25) is 11.8 Å². The number of benzene rings is 3. The van der Waals surface area contributed by atoms with Crippen molar-refractivity contribution >= 4 is 90.8 Å². The summed E-state index contributed by atoms with van der Waals surface area (Å²) in [5.41, 5.74) is 3.84. The van der Waals surface area contributed by atoms with Gasteiger partial charge in [0.25, 0.3) is 5.91 Å². The van der Waals surface area contributed by atoms with Crippen LogP contribution in [0.25, 0.3) is 10.5 Å². The molecule has 4 aliphatic rings. The molecular weight excluding hydrogens is 1080 g/mol. The third-order valence-electron chi connectivity index (χ3n) is 14.7. The number of amides is 3. The number of β-amino-alcohol motifs (C(OH)–C–C–N with tert-alkyl or cyclic N) is 1. The SMILES string of the molecule is C=CSC(=C(C)C)c1ccc(CNC)cc1.CCCC.C[C@H](CCCOCC(=O)NC(C(=O)N1C[C@H](O)C[C@H]1C=O)C(C)(C)C)S1=CC=C(c2ccc(N3C(=S)N(c4ccc(C5(C)CC5)c(C(F)(F)F)c4)C(=O)C3(C)C)cc2)C=C1. The Balaban J connectivity index is 0.000000496. The van der Waals surface area contributed by atoms with Crippen molar-refractivity contribution in [1.82, 2.24) is 15.5 Å². The molecule has 0 spiro atoms. The summed E-state index contributed by atoms with van der Waals surface area (Å²) in [7, 11) is 1.83. The van der Waals surface area contributed by atoms with Gasteiger partial charge in [-0.2, -0.15) is 23.7 Å². The monoisotopic (exact) mass is 1160 g/mol. The highest BCUT2D eigenvalue weighted by Crippen LogP contribution is 2.52. The van der Waals surface area contributed by atoms with Crippen LogP contribution in [0.2, 0.25) is 0 Å². The van der Waals surface area contributed by atoms with E-state index in [-0.39, 0.29) is 46.4 Å². The van der Waals surface area contributed by atoms with Crippen LogP contribution in [0.1, 0.15) is 149 Å². The number of alkyl halides is 3. The number of aliphatic hydroxyl groups is 1. The standard InChI is InChI=1S/C45H55F3N4O6S2.C14H19NS.C4H10/c1-28(9-8-20-58-27-37(55)49-38(42(2,3)4)39(56)50-25-34(54)23-33(50)26-53)60-21-16-30(17-22-60)29-10-12-31(13-11-29)52-41(59)51(40(57)43(52,5)6)32-14-15-35(44(7)18-19-44)36(24-32)45(46,47)48;1-5-16-14(11(2)3)13-8-6-12(7-9-13)10-15-4;1-3-4-2/h10-17,21-22,24,26,28,33-34,38,54H,8-9,18-20,23,25,27H2,1-7H3,(H,49,55);5-9,15H,1,10H2,2-4H3;3-4H2,1-2H3/t28-,33+,34-,38?;;/m1../s1. The second-order valence-corrected chi connectivity index (χ2v) is 26.4. The maximum absolute atomic E-state index is 14.2. The molecule has 0 bridgehead atoms. The van der Waals surface area contributed by atoms with Crippen LogP contribution in [-0.4, -0.2) is 100 Å². The van der Waals surface area contributed by atoms with Gasteiger partial charge in [0, 0.05) is 42.0 Å². The fraction of sp³-hybridized carbons (Fsp3) is 0.492. The average molecular weight is 1160 g/mol. The number of allylic oxidation sites excluding steroid dienone is 4. The number of halogens is 3. The number of carbonyl (C=O) groups is 4. The molecule has 3 fully saturated rings. The van der Waals surface area contributed by atoms with Gasteiger partial charge in [0.15, 0.2) is 5.11 Å². The molecule has 3 amide bonds. The maximum Gasteiger partial charge on any atom is 0.416 e. The largest absolute Gasteiger partial charge is 0.416 e. The summed E-state index contributed by atoms with van der Waals surface area (Å²) in [5, 5.41) is 22.6. The molecule has 0 aromatic heterocycles. The van der Waals surface area contributed by atoms with E-state index in [0.29, 0.717) is 36.7 Å². The number of likely N-dealkylation sites (tertiary alicyclic amines) is 1. The molecule has 436 valence electrons. The van der Waals surface area contributed by atoms with E-state index in [2.05, 4.69) is 99.0 Å². The third-order valence-corrected chi connectivity index (χ3v) is 18.2. The van der Waals surface area contributed by atoms with Crippen LogP contribution in [0.5, 0.6) is 0 Å². The Labute approximate surface area is 485 Å². The van der Waals surface area contributed by atoms with Crippen molar-refractivity contribution in [2.75, 3.05) is 36.6 Å². The molecule has 80 heavy (non-hydrogen) atoms. The Bertz CT molecular complexity index is 2810. The fourth-order valence-corrected chi connectivity index (χ4v) is 12.4. The van der Waals surface area contributed by atoms with Crippen LogP contribution in [0.4, 0.5) is 24.5 Å². The van der Waals surface area contributed by atoms with Crippen LogP contribution in [-0.2, 0) is 42.1 Å². The summed E-state index contributed by atoms with van der Waals surface area (Å²) in [6, 6.07) is 18.8. The van der Waals surface area contributed by atoms with Gasteiger partial charge >= 0.3 is 6.18 Å². The molecular formula is C63H84F3N5O6S3. The molecule has 1 aliphatic carbocycles. The summed E-state index contributed by atoms with van der Waals surface area (Å²) in [6.45, 7) is 26.4. The molecule has 1 saturated carbocycles. The molecule has 3 N–H and O–H groups in total. The molecule has 3 heterocycles. The zero-order valence-electron chi connectivity index (χ0n) is 48.8. The van der Waals surface area contributed by atoms with E-state index in [1.54, 1.807) is 36.6 Å². The van der Waals surface area contributed by atoms with Gasteiger partial charge in [-0.05, 0) is 164 Å². The number of hydrogen-bond acceptors (Lipinski definition) is 9. The van der Waals surface area contributed by atoms with Crippen LogP contribution in [0.3, 0.4) is 0 Å². The number of aldehydes is 1. The van der Waals surface area contributed by atoms with Crippen molar-refractivity contribution in [1.29, 1.82) is 0 Å². The minimum Gasteiger partial charge on any atom is -0.391 e. The number of thioether (sulfide) groups is 1. The quantitative estimate of drug-likeness (QED) is 0.0571. The van der Waals surface area contributed by atoms with E-state index in [9.17, 15) is 37.5 Å². The Morgan fingerprint density at radius 2 is 1.64 bits per heavy atom. The van der Waals surface area contributed by atoms with Gasteiger partial charge in [-0.25, -0.2) is 0 Å². The minimum absolute atomic E-state index is 0.0494. The number of nitrogens with one attached hydrogen (secondary N) is 2. The summed E-state index contributed by atoms with van der Waals surface area (Å²) >= 11 is 7.48. The highest BCUT2D eigenvalue weighted by atomic mass is 32.2. The van der Waals surface area contributed by atoms with Crippen molar-refractivity contribution in [2.24, 2.45) is 5.41 Å². The lowest BCUT2D eigenvalue weighted by Gasteiger charge is -2.34. The molecule has 11 nitrogen and oxygen atoms in total. The number of aliphatic hydroxyl groups excluding tert-OH is 1. The smallest absolute Gasteiger partial charge is 0.391 e. The fourth-order valence-electron chi connectivity index (χ4n) is 9.57. The number of carbonyl (C=O) groups excluding carboxylic acids is 4. The maximum atomic E-state index is 14.2. The van der Waals surface area contributed by atoms with E-state index in [0.717, 1.165) is 36.6 Å². The van der Waals surface area contributed by atoms with E-state index in [4.69, 9.17) is 17.0 Å². The van der Waals surface area contributed by atoms with Gasteiger partial charge in [-0.1, -0.05) is 128 Å². The first-order chi connectivity index (χ1) is 37.7. The highest BCUT2D eigenvalue weighted by molar-refractivity contribution is 8.18. The number of thiocarbonyl (C=S) groups is 1. The van der Waals surface area contributed by atoms with Crippen LogP contribution >= 0.6 is 34.5 Å². The summed E-state index contributed by atoms with van der Waals surface area (Å²) < 4.78 is 48.4. The van der Waals surface area contributed by atoms with Gasteiger partial charge in [-0.15, -0.1) is 0 Å². The molecule has 3 aromatic rings. The summed E-state index contributed by atoms with van der Waals surface area (Å²) in [5.74, 6) is -1.24. The van der Waals surface area contributed by atoms with Crippen LogP contribution in [0, 0.1) is 5.41 Å². The van der Waals surface area contributed by atoms with Crippen molar-refractivity contribution in [3.63, 3.8) is 0 Å². The number of unbranched alkanes of at least 4 members (excludes halogenated alkanes) is 1. The summed E-state index contributed by atoms with van der Waals surface area (Å²) in [4.78, 5) is 57.0. The lowest BCUT2D eigenvalue weighted by Crippen LogP contribution is -2.56. The predicted octanol–water partition coefficient (Wildman–Crippen LogP) is 13.4. The zero-order chi connectivity index (χ0) is 59.3. The summed E-state index contributed by atoms with van der Waals surface area (Å²) in [6.07, 6.45) is 5.26. The zero-order valence-corrected chi connectivity index (χ0v) is 51.2. The molecule has 2 saturated heterocycles. The number of anilines is 2. The van der Waals surface area contributed by atoms with E-state index in [1.165, 1.54) is 50.3 Å². The Hall–Kier alpha value is -5.17. The van der Waals surface area contributed by atoms with Gasteiger partial charge in [0.1, 0.15) is 24.5 Å². The van der Waals surface area contributed by atoms with E-state index >= 15 is 0 Å². The Kier molecular flexibility index (Phi) is 23.5. The average Bonchev–Trinajstić information content (AvgIpc) is 4.06. The molecule has 0 radical (unpaired) electrons. The second kappa shape index (κ2) is 28.7. The first kappa shape index (κ1) is 65.6. The first-order valence-electron chi connectivity index (χ1n) is 27.6. The normalized spacial score (nSPS) is 19.8. The van der Waals surface area contributed by atoms with Gasteiger partial charge < -0.3 is 35.1 Å². The lowest BCUT2D eigenvalue weighted by molar-refractivity contribution is -0.142. The van der Waals surface area contributed by atoms with Crippen molar-refractivity contribution in [2.45, 2.75) is 168 Å². The number of ether oxygens (including phenoxy) is 1. The van der Waals surface area contributed by atoms with Gasteiger partial charge in [0.05, 0.1) is 23.4 Å². The van der Waals surface area contributed by atoms with Crippen molar-refractivity contribution in [3.8, 4) is 0 Å². The van der Waals surface area contributed by atoms with E-state index < -0.39 is 64.0 Å². The molecule has 7 rings (SSSR count). The molecule has 3 aliphatic heterocycles. The topological polar surface area (TPSA) is 132 Å². The second-order valence-electron chi connectivity index (χ2n) is 22.9.